The Kier molecular flexibility index (Phi) is 4.01. The van der Waals surface area contributed by atoms with E-state index < -0.39 is 5.91 Å². The molecule has 0 saturated heterocycles. The molecule has 0 fully saturated rings. The molecule has 4 rings (SSSR count). The van der Waals surface area contributed by atoms with Crippen molar-refractivity contribution in [1.29, 1.82) is 0 Å². The van der Waals surface area contributed by atoms with Gasteiger partial charge in [-0.25, -0.2) is 4.39 Å². The summed E-state index contributed by atoms with van der Waals surface area (Å²) in [5.41, 5.74) is 8.23. The minimum atomic E-state index is -0.413. The summed E-state index contributed by atoms with van der Waals surface area (Å²) in [6.07, 6.45) is 2.56. The smallest absolute Gasteiger partial charge is 0.245 e. The largest absolute Gasteiger partial charge is 0.489 e. The molecule has 1 amide bonds. The highest BCUT2D eigenvalue weighted by Gasteiger charge is 2.42. The molecule has 3 N–H and O–H groups in total. The number of para-hydroxylation sites is 1. The molecule has 2 aromatic carbocycles. The van der Waals surface area contributed by atoms with E-state index in [1.54, 1.807) is 12.1 Å². The van der Waals surface area contributed by atoms with Gasteiger partial charge in [0.2, 0.25) is 5.91 Å². The van der Waals surface area contributed by atoms with Crippen LogP contribution in [0.2, 0.25) is 0 Å². The Morgan fingerprint density at radius 1 is 1.20 bits per heavy atom. The van der Waals surface area contributed by atoms with Gasteiger partial charge in [-0.05, 0) is 23.8 Å². The second-order valence-corrected chi connectivity index (χ2v) is 6.51. The van der Waals surface area contributed by atoms with Gasteiger partial charge in [-0.15, -0.1) is 0 Å². The summed E-state index contributed by atoms with van der Waals surface area (Å²) < 4.78 is 19.1. The fourth-order valence-corrected chi connectivity index (χ4v) is 3.70. The van der Waals surface area contributed by atoms with Crippen LogP contribution in [0.4, 0.5) is 4.39 Å². The van der Waals surface area contributed by atoms with E-state index >= 15 is 0 Å². The zero-order chi connectivity index (χ0) is 17.4. The highest BCUT2D eigenvalue weighted by Crippen LogP contribution is 2.46. The first-order valence-electron chi connectivity index (χ1n) is 8.37. The summed E-state index contributed by atoms with van der Waals surface area (Å²) in [6, 6.07) is 14.1. The third kappa shape index (κ3) is 3.03. The highest BCUT2D eigenvalue weighted by atomic mass is 19.1. The molecule has 1 heterocycles. The first-order chi connectivity index (χ1) is 12.1. The molecule has 1 aliphatic heterocycles. The van der Waals surface area contributed by atoms with Gasteiger partial charge in [-0.3, -0.25) is 4.79 Å². The molecular formula is C20H19FN2O2. The van der Waals surface area contributed by atoms with Crippen LogP contribution in [0, 0.1) is 5.82 Å². The van der Waals surface area contributed by atoms with Gasteiger partial charge in [0.25, 0.3) is 0 Å². The van der Waals surface area contributed by atoms with Crippen LogP contribution in [0.1, 0.15) is 23.5 Å². The van der Waals surface area contributed by atoms with Crippen LogP contribution in [-0.4, -0.2) is 18.1 Å². The van der Waals surface area contributed by atoms with E-state index in [0.717, 1.165) is 23.3 Å². The number of benzene rings is 2. The third-order valence-corrected chi connectivity index (χ3v) is 4.87. The topological polar surface area (TPSA) is 64.4 Å². The molecule has 0 bridgehead atoms. The Morgan fingerprint density at radius 3 is 2.72 bits per heavy atom. The van der Waals surface area contributed by atoms with Gasteiger partial charge in [-0.1, -0.05) is 36.4 Å². The molecule has 0 spiro atoms. The maximum atomic E-state index is 13.0. The Hall–Kier alpha value is -2.66. The fraction of sp³-hybridized carbons (Fsp3) is 0.250. The number of carbonyl (C=O) groups is 1. The number of carbonyl (C=O) groups excluding carboxylic acids is 1. The molecule has 5 heteroatoms. The fourth-order valence-electron chi connectivity index (χ4n) is 3.70. The normalized spacial score (nSPS) is 24.0. The molecular weight excluding hydrogens is 319 g/mol. The molecule has 25 heavy (non-hydrogen) atoms. The first kappa shape index (κ1) is 15.8. The first-order valence-corrected chi connectivity index (χ1v) is 8.37. The number of amides is 1. The molecule has 3 unspecified atom stereocenters. The zero-order valence-corrected chi connectivity index (χ0v) is 13.6. The van der Waals surface area contributed by atoms with Crippen LogP contribution in [-0.2, 0) is 11.3 Å². The summed E-state index contributed by atoms with van der Waals surface area (Å²) in [6.45, 7) is 0.581. The van der Waals surface area contributed by atoms with Crippen LogP contribution in [0.5, 0.6) is 5.75 Å². The average molecular weight is 338 g/mol. The van der Waals surface area contributed by atoms with Crippen LogP contribution in [0.25, 0.3) is 0 Å². The van der Waals surface area contributed by atoms with Gasteiger partial charge < -0.3 is 15.8 Å². The Balaban J connectivity index is 1.54. The van der Waals surface area contributed by atoms with Gasteiger partial charge >= 0.3 is 0 Å². The standard InChI is InChI=1S/C20H19FN2O2/c21-13-7-5-12(6-8-13)11-23-14-9-16(20(22)24)19-15-3-1-2-4-17(15)25-18(19)10-14/h1-9,14,18-19,23H,10-11H2,(H2,22,24). The molecule has 4 nitrogen and oxygen atoms in total. The molecule has 0 saturated carbocycles. The van der Waals surface area contributed by atoms with Crippen molar-refractivity contribution in [3.63, 3.8) is 0 Å². The minimum Gasteiger partial charge on any atom is -0.489 e. The molecule has 1 aliphatic carbocycles. The van der Waals surface area contributed by atoms with E-state index in [0.29, 0.717) is 12.1 Å². The maximum absolute atomic E-state index is 13.0. The van der Waals surface area contributed by atoms with Crippen LogP contribution in [0.3, 0.4) is 0 Å². The lowest BCUT2D eigenvalue weighted by atomic mass is 9.79. The Labute approximate surface area is 145 Å². The van der Waals surface area contributed by atoms with Gasteiger partial charge in [-0.2, -0.15) is 0 Å². The lowest BCUT2D eigenvalue weighted by Crippen LogP contribution is -2.40. The number of nitrogens with two attached hydrogens (primary N) is 1. The van der Waals surface area contributed by atoms with E-state index in [4.69, 9.17) is 10.5 Å². The number of hydrogen-bond acceptors (Lipinski definition) is 3. The molecule has 2 aromatic rings. The van der Waals surface area contributed by atoms with Crippen LogP contribution < -0.4 is 15.8 Å². The van der Waals surface area contributed by atoms with Crippen LogP contribution >= 0.6 is 0 Å². The van der Waals surface area contributed by atoms with Crippen molar-refractivity contribution in [1.82, 2.24) is 5.32 Å². The Morgan fingerprint density at radius 2 is 1.96 bits per heavy atom. The lowest BCUT2D eigenvalue weighted by Gasteiger charge is -2.30. The lowest BCUT2D eigenvalue weighted by molar-refractivity contribution is -0.115. The van der Waals surface area contributed by atoms with Crippen molar-refractivity contribution in [3.05, 3.63) is 77.1 Å². The number of primary amides is 1. The predicted molar refractivity (Wildman–Crippen MR) is 92.5 cm³/mol. The van der Waals surface area contributed by atoms with E-state index in [1.807, 2.05) is 30.3 Å². The zero-order valence-electron chi connectivity index (χ0n) is 13.6. The Bertz CT molecular complexity index is 832. The van der Waals surface area contributed by atoms with Crippen molar-refractivity contribution < 1.29 is 13.9 Å². The number of fused-ring (bicyclic) bond motifs is 3. The summed E-state index contributed by atoms with van der Waals surface area (Å²) in [5.74, 6) is 0.0577. The van der Waals surface area contributed by atoms with E-state index in [-0.39, 0.29) is 23.9 Å². The summed E-state index contributed by atoms with van der Waals surface area (Å²) in [4.78, 5) is 12.0. The van der Waals surface area contributed by atoms with Gasteiger partial charge in [0.05, 0.1) is 5.92 Å². The van der Waals surface area contributed by atoms with E-state index in [9.17, 15) is 9.18 Å². The van der Waals surface area contributed by atoms with Crippen molar-refractivity contribution in [2.45, 2.75) is 31.0 Å². The number of rotatable bonds is 4. The second kappa shape index (κ2) is 6.33. The van der Waals surface area contributed by atoms with Gasteiger partial charge in [0.15, 0.2) is 0 Å². The second-order valence-electron chi connectivity index (χ2n) is 6.51. The van der Waals surface area contributed by atoms with E-state index in [1.165, 1.54) is 12.1 Å². The average Bonchev–Trinajstić information content (AvgIpc) is 2.98. The molecule has 0 aromatic heterocycles. The number of hydrogen-bond donors (Lipinski definition) is 2. The van der Waals surface area contributed by atoms with Crippen molar-refractivity contribution in [2.75, 3.05) is 0 Å². The number of ether oxygens (including phenoxy) is 1. The minimum absolute atomic E-state index is 0.0249. The van der Waals surface area contributed by atoms with Gasteiger partial charge in [0.1, 0.15) is 17.7 Å². The number of nitrogens with one attached hydrogen (secondary N) is 1. The van der Waals surface area contributed by atoms with E-state index in [2.05, 4.69) is 5.32 Å². The summed E-state index contributed by atoms with van der Waals surface area (Å²) in [7, 11) is 0. The third-order valence-electron chi connectivity index (χ3n) is 4.87. The summed E-state index contributed by atoms with van der Waals surface area (Å²) >= 11 is 0. The highest BCUT2D eigenvalue weighted by molar-refractivity contribution is 5.94. The quantitative estimate of drug-likeness (QED) is 0.901. The molecule has 2 aliphatic rings. The van der Waals surface area contributed by atoms with Crippen molar-refractivity contribution in [2.24, 2.45) is 5.73 Å². The van der Waals surface area contributed by atoms with Gasteiger partial charge in [0, 0.05) is 30.1 Å². The SMILES string of the molecule is NC(=O)C1=CC(NCc2ccc(F)cc2)CC2Oc3ccccc3C12. The predicted octanol–water partition coefficient (Wildman–Crippen LogP) is 2.64. The molecule has 128 valence electrons. The maximum Gasteiger partial charge on any atom is 0.245 e. The molecule has 0 radical (unpaired) electrons. The van der Waals surface area contributed by atoms with Crippen molar-refractivity contribution in [3.8, 4) is 5.75 Å². The van der Waals surface area contributed by atoms with Crippen LogP contribution in [0.15, 0.2) is 60.2 Å². The number of halogens is 1. The van der Waals surface area contributed by atoms with Crippen molar-refractivity contribution >= 4 is 5.91 Å². The monoisotopic (exact) mass is 338 g/mol. The summed E-state index contributed by atoms with van der Waals surface area (Å²) in [5, 5.41) is 3.39. The molecule has 3 atom stereocenters.